The number of nitrogens with zero attached hydrogens (tertiary/aromatic N) is 1. The van der Waals surface area contributed by atoms with Crippen LogP contribution in [0, 0.1) is 6.92 Å². The number of hydrogen-bond acceptors (Lipinski definition) is 6. The zero-order valence-electron chi connectivity index (χ0n) is 28.3. The maximum absolute atomic E-state index is 14.5. The van der Waals surface area contributed by atoms with Crippen molar-refractivity contribution in [1.29, 1.82) is 0 Å². The summed E-state index contributed by atoms with van der Waals surface area (Å²) in [7, 11) is 0. The van der Waals surface area contributed by atoms with Crippen LogP contribution in [-0.4, -0.2) is 42.2 Å². The molecule has 1 aliphatic rings. The summed E-state index contributed by atoms with van der Waals surface area (Å²) in [6.45, 7) is 3.11. The molecule has 0 saturated heterocycles. The number of amides is 1. The normalized spacial score (nSPS) is 16.9. The number of ether oxygens (including phenoxy) is 2. The highest BCUT2D eigenvalue weighted by Crippen LogP contribution is 2.43. The molecule has 0 aromatic heterocycles. The van der Waals surface area contributed by atoms with E-state index in [2.05, 4.69) is 66.3 Å². The van der Waals surface area contributed by atoms with E-state index in [0.717, 1.165) is 34.2 Å². The second-order valence-electron chi connectivity index (χ2n) is 12.4. The molecule has 1 heterocycles. The van der Waals surface area contributed by atoms with Gasteiger partial charge in [-0.15, -0.1) is 0 Å². The third-order valence-corrected chi connectivity index (χ3v) is 8.75. The third-order valence-electron chi connectivity index (χ3n) is 8.75. The highest BCUT2D eigenvalue weighted by molar-refractivity contribution is 6.01. The van der Waals surface area contributed by atoms with Crippen LogP contribution < -0.4 is 15.6 Å². The molecule has 254 valence electrons. The molecule has 0 saturated carbocycles. The number of carbonyl (C=O) groups excluding carboxylic acids is 1. The van der Waals surface area contributed by atoms with Crippen LogP contribution in [0.4, 0.5) is 0 Å². The zero-order valence-corrected chi connectivity index (χ0v) is 28.3. The number of hydrazine groups is 1. The molecule has 0 unspecified atom stereocenters. The van der Waals surface area contributed by atoms with Gasteiger partial charge in [0.15, 0.2) is 11.6 Å². The molecule has 5 aromatic carbocycles. The van der Waals surface area contributed by atoms with Gasteiger partial charge in [-0.1, -0.05) is 127 Å². The first kappa shape index (κ1) is 34.4. The van der Waals surface area contributed by atoms with E-state index in [9.17, 15) is 4.79 Å². The lowest BCUT2D eigenvalue weighted by atomic mass is 9.84. The summed E-state index contributed by atoms with van der Waals surface area (Å²) in [5.74, 6) is 0.781. The second-order valence-corrected chi connectivity index (χ2v) is 12.4. The highest BCUT2D eigenvalue weighted by atomic mass is 16.5. The van der Waals surface area contributed by atoms with Crippen LogP contribution >= 0.6 is 0 Å². The van der Waals surface area contributed by atoms with Gasteiger partial charge in [-0.25, -0.2) is 10.4 Å². The Hall–Kier alpha value is -5.50. The summed E-state index contributed by atoms with van der Waals surface area (Å²) in [5, 5.41) is 9.12. The van der Waals surface area contributed by atoms with Crippen molar-refractivity contribution in [3.05, 3.63) is 167 Å². The van der Waals surface area contributed by atoms with Gasteiger partial charge >= 0.3 is 0 Å². The van der Waals surface area contributed by atoms with Crippen molar-refractivity contribution in [2.75, 3.05) is 19.8 Å². The summed E-state index contributed by atoms with van der Waals surface area (Å²) < 4.78 is 12.4. The van der Waals surface area contributed by atoms with Gasteiger partial charge in [0.05, 0.1) is 6.61 Å². The second kappa shape index (κ2) is 16.7. The van der Waals surface area contributed by atoms with E-state index in [-0.39, 0.29) is 12.5 Å². The molecule has 7 nitrogen and oxygen atoms in total. The molecular weight excluding hydrogens is 622 g/mol. The Labute approximate surface area is 294 Å². The minimum Gasteiger partial charge on any atom is -0.494 e. The van der Waals surface area contributed by atoms with Gasteiger partial charge in [-0.3, -0.25) is 10.2 Å². The molecule has 2 atom stereocenters. The van der Waals surface area contributed by atoms with E-state index in [1.54, 1.807) is 0 Å². The largest absolute Gasteiger partial charge is 0.494 e. The van der Waals surface area contributed by atoms with Crippen molar-refractivity contribution in [2.45, 2.75) is 37.8 Å². The van der Waals surface area contributed by atoms with E-state index < -0.39 is 11.6 Å². The average Bonchev–Trinajstić information content (AvgIpc) is 3.56. The van der Waals surface area contributed by atoms with Crippen LogP contribution in [0.5, 0.6) is 5.75 Å². The Morgan fingerprint density at radius 2 is 1.50 bits per heavy atom. The maximum atomic E-state index is 14.5. The molecule has 0 radical (unpaired) electrons. The highest BCUT2D eigenvalue weighted by Gasteiger charge is 2.52. The molecule has 0 spiro atoms. The van der Waals surface area contributed by atoms with Crippen LogP contribution in [0.25, 0.3) is 17.2 Å². The number of hydrogen-bond donors (Lipinski definition) is 3. The molecule has 7 heteroatoms. The van der Waals surface area contributed by atoms with Crippen molar-refractivity contribution in [2.24, 2.45) is 4.99 Å². The molecule has 0 fully saturated rings. The smallest absolute Gasteiger partial charge is 0.266 e. The number of aliphatic hydroxyl groups excluding tert-OH is 1. The SMILES string of the molecule is Cc1ccc(CCNNC(=O)[C@@]2(C/C=C/c3ccccc3)N=C(c3ccc(OCCCO)cc3)O[C@H]2c2ccc(-c3ccccc3)cc2)cc1. The van der Waals surface area contributed by atoms with E-state index in [0.29, 0.717) is 37.6 Å². The fraction of sp³-hybridized carbons (Fsp3) is 0.209. The summed E-state index contributed by atoms with van der Waals surface area (Å²) in [6, 6.07) is 44.3. The molecule has 6 rings (SSSR count). The van der Waals surface area contributed by atoms with Crippen LogP contribution in [0.3, 0.4) is 0 Å². The third kappa shape index (κ3) is 8.55. The molecule has 5 aromatic rings. The van der Waals surface area contributed by atoms with Gasteiger partial charge < -0.3 is 14.6 Å². The Bertz CT molecular complexity index is 1870. The van der Waals surface area contributed by atoms with Crippen molar-refractivity contribution in [3.8, 4) is 16.9 Å². The lowest BCUT2D eigenvalue weighted by Crippen LogP contribution is -2.52. The minimum absolute atomic E-state index is 0.0696. The first-order chi connectivity index (χ1) is 24.5. The molecule has 1 aliphatic heterocycles. The zero-order chi connectivity index (χ0) is 34.6. The Balaban J connectivity index is 1.32. The molecule has 0 aliphatic carbocycles. The number of rotatable bonds is 15. The topological polar surface area (TPSA) is 92.2 Å². The van der Waals surface area contributed by atoms with Crippen molar-refractivity contribution in [1.82, 2.24) is 10.9 Å². The van der Waals surface area contributed by atoms with Crippen molar-refractivity contribution < 1.29 is 19.4 Å². The van der Waals surface area contributed by atoms with Crippen LogP contribution in [0.2, 0.25) is 0 Å². The van der Waals surface area contributed by atoms with Gasteiger partial charge in [-0.05, 0) is 65.4 Å². The monoisotopic (exact) mass is 665 g/mol. The molecule has 1 amide bonds. The van der Waals surface area contributed by atoms with E-state index in [1.165, 1.54) is 11.1 Å². The number of nitrogens with one attached hydrogen (secondary N) is 2. The van der Waals surface area contributed by atoms with Crippen LogP contribution in [0.1, 0.15) is 46.8 Å². The first-order valence-corrected chi connectivity index (χ1v) is 17.1. The van der Waals surface area contributed by atoms with Crippen molar-refractivity contribution in [3.63, 3.8) is 0 Å². The lowest BCUT2D eigenvalue weighted by molar-refractivity contribution is -0.129. The van der Waals surface area contributed by atoms with Gasteiger partial charge in [0.25, 0.3) is 5.91 Å². The Morgan fingerprint density at radius 1 is 0.840 bits per heavy atom. The van der Waals surface area contributed by atoms with Crippen LogP contribution in [-0.2, 0) is 16.0 Å². The van der Waals surface area contributed by atoms with E-state index >= 15 is 0 Å². The standard InChI is InChI=1S/C43H43N3O4/c1-32-15-17-34(18-16-32)27-29-44-46-42(48)43(28-8-12-33-10-4-2-5-11-33)40(37-21-19-36(20-22-37)35-13-6-3-7-14-35)50-41(45-43)38-23-25-39(26-24-38)49-31-9-30-47/h2-8,10-26,40,44,47H,9,27-31H2,1H3,(H,46,48)/b12-8+/t40-,43-/m0/s1. The van der Waals surface area contributed by atoms with Crippen LogP contribution in [0.15, 0.2) is 145 Å². The Morgan fingerprint density at radius 3 is 2.20 bits per heavy atom. The average molecular weight is 666 g/mol. The van der Waals surface area contributed by atoms with Crippen molar-refractivity contribution >= 4 is 17.9 Å². The Kier molecular flexibility index (Phi) is 11.5. The number of aliphatic hydroxyl groups is 1. The molecule has 3 N–H and O–H groups in total. The maximum Gasteiger partial charge on any atom is 0.266 e. The van der Waals surface area contributed by atoms with Gasteiger partial charge in [0, 0.05) is 31.6 Å². The van der Waals surface area contributed by atoms with Gasteiger partial charge in [0.2, 0.25) is 5.90 Å². The van der Waals surface area contributed by atoms with E-state index in [4.69, 9.17) is 19.6 Å². The van der Waals surface area contributed by atoms with Gasteiger partial charge in [-0.2, -0.15) is 0 Å². The fourth-order valence-corrected chi connectivity index (χ4v) is 5.95. The number of carbonyl (C=O) groups is 1. The molecule has 0 bridgehead atoms. The fourth-order valence-electron chi connectivity index (χ4n) is 5.95. The van der Waals surface area contributed by atoms with Gasteiger partial charge in [0.1, 0.15) is 5.75 Å². The quantitative estimate of drug-likeness (QED) is 0.0790. The number of benzene rings is 5. The molecular formula is C43H43N3O4. The molecule has 50 heavy (non-hydrogen) atoms. The van der Waals surface area contributed by atoms with E-state index in [1.807, 2.05) is 97.1 Å². The summed E-state index contributed by atoms with van der Waals surface area (Å²) in [5.41, 5.74) is 12.0. The summed E-state index contributed by atoms with van der Waals surface area (Å²) in [6.07, 6.45) is 4.91. The number of aryl methyl sites for hydroxylation is 1. The summed E-state index contributed by atoms with van der Waals surface area (Å²) in [4.78, 5) is 19.6. The predicted octanol–water partition coefficient (Wildman–Crippen LogP) is 7.65. The minimum atomic E-state index is -1.32. The number of aliphatic imine (C=N–C) groups is 1. The predicted molar refractivity (Wildman–Crippen MR) is 200 cm³/mol. The first-order valence-electron chi connectivity index (χ1n) is 17.1. The lowest BCUT2D eigenvalue weighted by Gasteiger charge is -2.30. The summed E-state index contributed by atoms with van der Waals surface area (Å²) >= 11 is 0.